The highest BCUT2D eigenvalue weighted by atomic mass is 32.2. The van der Waals surface area contributed by atoms with Crippen LogP contribution in [0.4, 0.5) is 29.1 Å². The Morgan fingerprint density at radius 2 is 1.50 bits per heavy atom. The van der Waals surface area contributed by atoms with E-state index in [1.807, 2.05) is 11.9 Å². The predicted octanol–water partition coefficient (Wildman–Crippen LogP) is 3.73. The topological polar surface area (TPSA) is 167 Å². The molecule has 5 aromatic rings. The van der Waals surface area contributed by atoms with Gasteiger partial charge in [0.15, 0.2) is 17.3 Å². The fourth-order valence-corrected chi connectivity index (χ4v) is 8.17. The highest BCUT2D eigenvalue weighted by molar-refractivity contribution is 7.99. The van der Waals surface area contributed by atoms with Gasteiger partial charge in [-0.15, -0.1) is 11.8 Å². The maximum absolute atomic E-state index is 15.0. The summed E-state index contributed by atoms with van der Waals surface area (Å²) < 4.78 is 60.2. The minimum atomic E-state index is -1.57. The third kappa shape index (κ3) is 6.64. The summed E-state index contributed by atoms with van der Waals surface area (Å²) in [6, 6.07) is 4.60. The molecule has 4 N–H and O–H groups in total. The van der Waals surface area contributed by atoms with E-state index in [4.69, 9.17) is 5.73 Å². The van der Waals surface area contributed by atoms with Gasteiger partial charge in [0.25, 0.3) is 0 Å². The third-order valence-corrected chi connectivity index (χ3v) is 10.8. The molecule has 1 atom stereocenters. The van der Waals surface area contributed by atoms with Crippen LogP contribution in [0.25, 0.3) is 27.6 Å². The number of nitrogens with zero attached hydrogens (tertiary/aromatic N) is 6. The predicted molar refractivity (Wildman–Crippen MR) is 195 cm³/mol. The molecule has 3 aromatic heterocycles. The molecule has 0 amide bonds. The summed E-state index contributed by atoms with van der Waals surface area (Å²) in [7, 11) is 2.04. The number of anilines is 2. The quantitative estimate of drug-likeness (QED) is 0.222. The lowest BCUT2D eigenvalue weighted by Crippen LogP contribution is -2.45. The van der Waals surface area contributed by atoms with E-state index in [0.29, 0.717) is 49.1 Å². The van der Waals surface area contributed by atoms with Crippen molar-refractivity contribution in [3.05, 3.63) is 97.6 Å². The van der Waals surface area contributed by atoms with Gasteiger partial charge in [0.05, 0.1) is 32.6 Å². The number of aromatic carboxylic acids is 2. The van der Waals surface area contributed by atoms with E-state index in [0.717, 1.165) is 60.0 Å². The first-order valence-electron chi connectivity index (χ1n) is 16.9. The number of fused-ring (bicyclic) bond motifs is 1. The van der Waals surface area contributed by atoms with E-state index < -0.39 is 51.6 Å². The molecule has 54 heavy (non-hydrogen) atoms. The molecule has 0 saturated carbocycles. The minimum absolute atomic E-state index is 0.0794. The summed E-state index contributed by atoms with van der Waals surface area (Å²) >= 11 is 1.54. The van der Waals surface area contributed by atoms with Crippen molar-refractivity contribution in [1.29, 1.82) is 0 Å². The first-order valence-corrected chi connectivity index (χ1v) is 17.9. The van der Waals surface area contributed by atoms with Crippen molar-refractivity contribution in [2.45, 2.75) is 23.9 Å². The average molecular weight is 768 g/mol. The third-order valence-electron chi connectivity index (χ3n) is 9.71. The molecule has 8 rings (SSSR count). The van der Waals surface area contributed by atoms with E-state index in [1.165, 1.54) is 24.0 Å². The molecular weight excluding hydrogens is 734 g/mol. The van der Waals surface area contributed by atoms with Crippen molar-refractivity contribution >= 4 is 57.1 Å². The van der Waals surface area contributed by atoms with E-state index in [2.05, 4.69) is 9.88 Å². The summed E-state index contributed by atoms with van der Waals surface area (Å²) in [6.07, 6.45) is 2.91. The number of rotatable bonds is 5. The van der Waals surface area contributed by atoms with Gasteiger partial charge in [0.1, 0.15) is 28.6 Å². The Balaban J connectivity index is 0.000000168. The largest absolute Gasteiger partial charge is 0.477 e. The molecule has 1 unspecified atom stereocenters. The Kier molecular flexibility index (Phi) is 9.84. The van der Waals surface area contributed by atoms with Crippen LogP contribution < -0.4 is 26.4 Å². The lowest BCUT2D eigenvalue weighted by atomic mass is 10.1. The molecule has 0 spiro atoms. The fourth-order valence-electron chi connectivity index (χ4n) is 6.95. The number of carboxylic acid groups (broad SMARTS) is 2. The fraction of sp³-hybridized carbons (Fsp3) is 0.306. The van der Waals surface area contributed by atoms with Crippen molar-refractivity contribution in [3.8, 4) is 5.69 Å². The summed E-state index contributed by atoms with van der Waals surface area (Å²) in [5.41, 5.74) is 4.09. The van der Waals surface area contributed by atoms with E-state index in [-0.39, 0.29) is 39.5 Å². The smallest absolute Gasteiger partial charge is 0.341 e. The summed E-state index contributed by atoms with van der Waals surface area (Å²) in [5, 5.41) is 18.4. The molecule has 0 aliphatic carbocycles. The van der Waals surface area contributed by atoms with Gasteiger partial charge in [0.2, 0.25) is 10.9 Å². The van der Waals surface area contributed by atoms with Crippen LogP contribution in [0.1, 0.15) is 27.1 Å². The maximum Gasteiger partial charge on any atom is 0.341 e. The van der Waals surface area contributed by atoms with Gasteiger partial charge in [-0.3, -0.25) is 14.2 Å². The van der Waals surface area contributed by atoms with E-state index >= 15 is 0 Å². The first kappa shape index (κ1) is 36.9. The van der Waals surface area contributed by atoms with Crippen molar-refractivity contribution in [3.63, 3.8) is 0 Å². The van der Waals surface area contributed by atoms with Gasteiger partial charge < -0.3 is 35.2 Å². The summed E-state index contributed by atoms with van der Waals surface area (Å²) in [6.45, 7) is 4.55. The molecule has 2 fully saturated rings. The van der Waals surface area contributed by atoms with Crippen LogP contribution in [-0.2, 0) is 6.54 Å². The number of thioether (sulfide) groups is 1. The highest BCUT2D eigenvalue weighted by Gasteiger charge is 2.29. The number of piperazine rings is 1. The molecule has 282 valence electrons. The molecular formula is C36H33F4N7O6S. The molecule has 6 heterocycles. The standard InChI is InChI=1S/C19H15F3N4O3.C17H18FN3O3S/c20-9-1-2-15(13(21)5-9)26-8-12(19(28)29)16(27)11-6-14(22)18(24-17(11)26)25-4-3-10(23)7-25;1-19-2-4-20(5-3-19)14-12(18)8-10-13-16(14)25-7-6-21(13)9-11(15(10)22)17(23)24/h1-2,5-6,8,10H,3-4,7,23H2,(H,28,29);8-9H,2-7H2,1H3,(H,23,24). The highest BCUT2D eigenvalue weighted by Crippen LogP contribution is 2.41. The zero-order valence-corrected chi connectivity index (χ0v) is 29.5. The zero-order chi connectivity index (χ0) is 38.6. The van der Waals surface area contributed by atoms with Crippen LogP contribution in [0.5, 0.6) is 0 Å². The van der Waals surface area contributed by atoms with Gasteiger partial charge in [-0.05, 0) is 37.7 Å². The van der Waals surface area contributed by atoms with Gasteiger partial charge in [-0.1, -0.05) is 0 Å². The number of nitrogens with two attached hydrogens (primary N) is 1. The van der Waals surface area contributed by atoms with Gasteiger partial charge in [-0.25, -0.2) is 32.1 Å². The van der Waals surface area contributed by atoms with Crippen LogP contribution in [-0.4, -0.2) is 99.3 Å². The number of aryl methyl sites for hydroxylation is 1. The van der Waals surface area contributed by atoms with Gasteiger partial charge >= 0.3 is 11.9 Å². The zero-order valence-electron chi connectivity index (χ0n) is 28.7. The Labute approximate surface area is 307 Å². The molecule has 3 aliphatic rings. The minimum Gasteiger partial charge on any atom is -0.477 e. The first-order chi connectivity index (χ1) is 25.7. The van der Waals surface area contributed by atoms with Crippen LogP contribution in [0.2, 0.25) is 0 Å². The van der Waals surface area contributed by atoms with Gasteiger partial charge in [0, 0.05) is 76.1 Å². The second kappa shape index (κ2) is 14.4. The molecule has 2 saturated heterocycles. The van der Waals surface area contributed by atoms with Gasteiger partial charge in [-0.2, -0.15) is 0 Å². The number of aromatic nitrogens is 3. The molecule has 0 bridgehead atoms. The van der Waals surface area contributed by atoms with Crippen molar-refractivity contribution in [1.82, 2.24) is 19.0 Å². The lowest BCUT2D eigenvalue weighted by molar-refractivity contribution is 0.0684. The second-order valence-electron chi connectivity index (χ2n) is 13.2. The molecule has 13 nitrogen and oxygen atoms in total. The number of carbonyl (C=O) groups is 2. The van der Waals surface area contributed by atoms with Crippen molar-refractivity contribution in [2.75, 3.05) is 61.9 Å². The lowest BCUT2D eigenvalue weighted by Gasteiger charge is -2.36. The molecule has 3 aliphatic heterocycles. The SMILES string of the molecule is CN1CCN(c2c(F)cc3c(=O)c(C(=O)O)cn4c3c2SCC4)CC1.NC1CCN(c2nc3c(cc2F)c(=O)c(C(=O)O)cn3-c2ccc(F)cc2F)C1. The van der Waals surface area contributed by atoms with Crippen LogP contribution >= 0.6 is 11.8 Å². The van der Waals surface area contributed by atoms with Crippen LogP contribution in [0.3, 0.4) is 0 Å². The Morgan fingerprint density at radius 1 is 0.833 bits per heavy atom. The molecule has 18 heteroatoms. The second-order valence-corrected chi connectivity index (χ2v) is 14.3. The monoisotopic (exact) mass is 767 g/mol. The Morgan fingerprint density at radius 3 is 2.15 bits per heavy atom. The van der Waals surface area contributed by atoms with Crippen molar-refractivity contribution < 1.29 is 37.4 Å². The van der Waals surface area contributed by atoms with Crippen molar-refractivity contribution in [2.24, 2.45) is 5.73 Å². The Hall–Kier alpha value is -5.46. The van der Waals surface area contributed by atoms with Crippen LogP contribution in [0, 0.1) is 23.3 Å². The average Bonchev–Trinajstić information content (AvgIpc) is 3.56. The number of carboxylic acids is 2. The number of hydrogen-bond acceptors (Lipinski definition) is 10. The summed E-state index contributed by atoms with van der Waals surface area (Å²) in [5.74, 6) is -5.31. The van der Waals surface area contributed by atoms with E-state index in [9.17, 15) is 47.0 Å². The normalized spacial score (nSPS) is 17.2. The van der Waals surface area contributed by atoms with Crippen LogP contribution in [0.15, 0.2) is 57.2 Å². The number of benzene rings is 2. The number of likely N-dealkylation sites (N-methyl/N-ethyl adjacent to an activating group) is 1. The summed E-state index contributed by atoms with van der Waals surface area (Å²) in [4.78, 5) is 58.6. The number of halogens is 4. The van der Waals surface area contributed by atoms with E-state index in [1.54, 1.807) is 9.47 Å². The number of pyridine rings is 3. The molecule has 2 aromatic carbocycles. The maximum atomic E-state index is 15.0. The Bertz CT molecular complexity index is 2490. The number of hydrogen-bond donors (Lipinski definition) is 3. The molecule has 0 radical (unpaired) electrons.